The lowest BCUT2D eigenvalue weighted by Crippen LogP contribution is -2.07. The Kier molecular flexibility index (Phi) is 6.97. The van der Waals surface area contributed by atoms with E-state index < -0.39 is 17.6 Å². The molecule has 1 aromatic heterocycles. The number of carbonyl (C=O) groups excluding carboxylic acids is 1. The Morgan fingerprint density at radius 1 is 0.882 bits per heavy atom. The number of hydrogen-bond acceptors (Lipinski definition) is 4. The quantitative estimate of drug-likeness (QED) is 0.287. The first kappa shape index (κ1) is 23.1. The van der Waals surface area contributed by atoms with Gasteiger partial charge in [-0.25, -0.2) is 18.6 Å². The minimum atomic E-state index is -0.658. The number of aromatic nitrogens is 1. The molecule has 0 aliphatic carbocycles. The fraction of sp³-hybridized carbons (Fsp3) is 0.143. The van der Waals surface area contributed by atoms with Gasteiger partial charge in [0.05, 0.1) is 12.3 Å². The fourth-order valence-electron chi connectivity index (χ4n) is 3.62. The van der Waals surface area contributed by atoms with Crippen molar-refractivity contribution < 1.29 is 23.0 Å². The molecule has 172 valence electrons. The van der Waals surface area contributed by atoms with Crippen molar-refractivity contribution in [3.05, 3.63) is 107 Å². The van der Waals surface area contributed by atoms with E-state index in [1.54, 1.807) is 19.1 Å². The Hall–Kier alpha value is -4.06. The van der Waals surface area contributed by atoms with Crippen molar-refractivity contribution in [2.45, 2.75) is 20.5 Å². The SMILES string of the molecule is CCOC(=O)c1cccc(-c2ccccc2-c2cc(C)ccc2OCc2ccc(F)cc2F)n1. The molecule has 6 heteroatoms. The molecule has 34 heavy (non-hydrogen) atoms. The van der Waals surface area contributed by atoms with Gasteiger partial charge in [0.2, 0.25) is 0 Å². The molecule has 4 aromatic rings. The van der Waals surface area contributed by atoms with Crippen LogP contribution in [0.25, 0.3) is 22.4 Å². The molecule has 0 bridgehead atoms. The number of aryl methyl sites for hydroxylation is 1. The minimum absolute atomic E-state index is 0.0546. The van der Waals surface area contributed by atoms with Gasteiger partial charge in [-0.1, -0.05) is 42.0 Å². The van der Waals surface area contributed by atoms with Crippen molar-refractivity contribution >= 4 is 5.97 Å². The number of esters is 1. The fourth-order valence-corrected chi connectivity index (χ4v) is 3.62. The maximum Gasteiger partial charge on any atom is 0.356 e. The number of nitrogens with zero attached hydrogens (tertiary/aromatic N) is 1. The third-order valence-corrected chi connectivity index (χ3v) is 5.26. The maximum atomic E-state index is 14.1. The van der Waals surface area contributed by atoms with Crippen molar-refractivity contribution in [2.75, 3.05) is 6.61 Å². The summed E-state index contributed by atoms with van der Waals surface area (Å²) in [6, 6.07) is 22.0. The van der Waals surface area contributed by atoms with E-state index >= 15 is 0 Å². The minimum Gasteiger partial charge on any atom is -0.488 e. The molecule has 3 aromatic carbocycles. The summed E-state index contributed by atoms with van der Waals surface area (Å²) in [5, 5.41) is 0. The Balaban J connectivity index is 1.73. The molecule has 4 rings (SSSR count). The molecule has 0 saturated heterocycles. The average Bonchev–Trinajstić information content (AvgIpc) is 2.84. The van der Waals surface area contributed by atoms with E-state index in [4.69, 9.17) is 9.47 Å². The molecule has 0 N–H and O–H groups in total. The van der Waals surface area contributed by atoms with Gasteiger partial charge in [0.15, 0.2) is 0 Å². The van der Waals surface area contributed by atoms with Crippen LogP contribution in [0.4, 0.5) is 8.78 Å². The summed E-state index contributed by atoms with van der Waals surface area (Å²) in [7, 11) is 0. The van der Waals surface area contributed by atoms with Gasteiger partial charge < -0.3 is 9.47 Å². The van der Waals surface area contributed by atoms with Gasteiger partial charge in [-0.3, -0.25) is 0 Å². The van der Waals surface area contributed by atoms with Crippen LogP contribution >= 0.6 is 0 Å². The molecule has 0 aliphatic rings. The summed E-state index contributed by atoms with van der Waals surface area (Å²) in [5.41, 5.74) is 4.54. The van der Waals surface area contributed by atoms with E-state index in [2.05, 4.69) is 4.98 Å². The van der Waals surface area contributed by atoms with E-state index in [0.717, 1.165) is 28.3 Å². The summed E-state index contributed by atoms with van der Waals surface area (Å²) in [6.45, 7) is 3.92. The topological polar surface area (TPSA) is 48.4 Å². The summed E-state index contributed by atoms with van der Waals surface area (Å²) >= 11 is 0. The van der Waals surface area contributed by atoms with E-state index in [1.807, 2.05) is 55.5 Å². The first-order valence-electron chi connectivity index (χ1n) is 10.9. The van der Waals surface area contributed by atoms with E-state index in [1.165, 1.54) is 12.1 Å². The van der Waals surface area contributed by atoms with Gasteiger partial charge in [-0.15, -0.1) is 0 Å². The van der Waals surface area contributed by atoms with Gasteiger partial charge in [0.25, 0.3) is 0 Å². The first-order valence-corrected chi connectivity index (χ1v) is 10.9. The summed E-state index contributed by atoms with van der Waals surface area (Å²) in [6.07, 6.45) is 0. The normalized spacial score (nSPS) is 10.7. The predicted molar refractivity (Wildman–Crippen MR) is 126 cm³/mol. The number of ether oxygens (including phenoxy) is 2. The number of halogens is 2. The Labute approximate surface area is 196 Å². The molecule has 0 radical (unpaired) electrons. The highest BCUT2D eigenvalue weighted by Gasteiger charge is 2.16. The summed E-state index contributed by atoms with van der Waals surface area (Å²) in [4.78, 5) is 16.7. The van der Waals surface area contributed by atoms with E-state index in [-0.39, 0.29) is 24.5 Å². The van der Waals surface area contributed by atoms with Crippen molar-refractivity contribution in [3.63, 3.8) is 0 Å². The zero-order valence-corrected chi connectivity index (χ0v) is 18.8. The molecular formula is C28H23F2NO3. The molecule has 0 aliphatic heterocycles. The molecule has 0 atom stereocenters. The zero-order valence-electron chi connectivity index (χ0n) is 18.8. The lowest BCUT2D eigenvalue weighted by atomic mass is 9.95. The highest BCUT2D eigenvalue weighted by molar-refractivity contribution is 5.89. The molecule has 0 saturated carbocycles. The summed E-state index contributed by atoms with van der Waals surface area (Å²) in [5.74, 6) is -1.23. The molecule has 0 unspecified atom stereocenters. The van der Waals surface area contributed by atoms with Crippen LogP contribution in [0.3, 0.4) is 0 Å². The van der Waals surface area contributed by atoms with Gasteiger partial charge in [-0.2, -0.15) is 0 Å². The third kappa shape index (κ3) is 5.12. The Morgan fingerprint density at radius 2 is 1.68 bits per heavy atom. The van der Waals surface area contributed by atoms with Crippen LogP contribution in [-0.2, 0) is 11.3 Å². The van der Waals surface area contributed by atoms with Gasteiger partial charge >= 0.3 is 5.97 Å². The second-order valence-electron chi connectivity index (χ2n) is 7.70. The number of carbonyl (C=O) groups is 1. The Morgan fingerprint density at radius 3 is 2.44 bits per heavy atom. The number of hydrogen-bond donors (Lipinski definition) is 0. The zero-order chi connectivity index (χ0) is 24.1. The second kappa shape index (κ2) is 10.3. The van der Waals surface area contributed by atoms with Crippen molar-refractivity contribution in [1.29, 1.82) is 0 Å². The highest BCUT2D eigenvalue weighted by atomic mass is 19.1. The van der Waals surface area contributed by atoms with Gasteiger partial charge in [0.1, 0.15) is 29.7 Å². The smallest absolute Gasteiger partial charge is 0.356 e. The number of pyridine rings is 1. The highest BCUT2D eigenvalue weighted by Crippen LogP contribution is 2.37. The molecule has 0 spiro atoms. The lowest BCUT2D eigenvalue weighted by molar-refractivity contribution is 0.0519. The van der Waals surface area contributed by atoms with Crippen molar-refractivity contribution in [1.82, 2.24) is 4.98 Å². The van der Waals surface area contributed by atoms with Gasteiger partial charge in [0, 0.05) is 22.8 Å². The van der Waals surface area contributed by atoms with Crippen LogP contribution in [0, 0.1) is 18.6 Å². The summed E-state index contributed by atoms with van der Waals surface area (Å²) < 4.78 is 38.4. The third-order valence-electron chi connectivity index (χ3n) is 5.26. The van der Waals surface area contributed by atoms with E-state index in [9.17, 15) is 13.6 Å². The van der Waals surface area contributed by atoms with Crippen LogP contribution in [0.2, 0.25) is 0 Å². The van der Waals surface area contributed by atoms with Crippen LogP contribution in [0.5, 0.6) is 5.75 Å². The van der Waals surface area contributed by atoms with Gasteiger partial charge in [-0.05, 0) is 55.8 Å². The lowest BCUT2D eigenvalue weighted by Gasteiger charge is -2.16. The van der Waals surface area contributed by atoms with Crippen LogP contribution < -0.4 is 4.74 Å². The first-order chi connectivity index (χ1) is 16.5. The molecule has 1 heterocycles. The van der Waals surface area contributed by atoms with Crippen LogP contribution in [0.15, 0.2) is 78.9 Å². The Bertz CT molecular complexity index is 1340. The average molecular weight is 459 g/mol. The second-order valence-corrected chi connectivity index (χ2v) is 7.70. The molecule has 4 nitrogen and oxygen atoms in total. The number of rotatable bonds is 7. The van der Waals surface area contributed by atoms with E-state index in [0.29, 0.717) is 11.4 Å². The van der Waals surface area contributed by atoms with Crippen molar-refractivity contribution in [2.24, 2.45) is 0 Å². The molecule has 0 amide bonds. The van der Waals surface area contributed by atoms with Crippen LogP contribution in [0.1, 0.15) is 28.5 Å². The largest absolute Gasteiger partial charge is 0.488 e. The predicted octanol–water partition coefficient (Wildman–Crippen LogP) is 6.76. The maximum absolute atomic E-state index is 14.1. The molecular weight excluding hydrogens is 436 g/mol. The molecule has 0 fully saturated rings. The van der Waals surface area contributed by atoms with Crippen LogP contribution in [-0.4, -0.2) is 17.6 Å². The number of benzene rings is 3. The standard InChI is InChI=1S/C28H23F2NO3/c1-3-33-28(32)26-10-6-9-25(31-26)22-8-5-4-7-21(22)23-15-18(2)11-14-27(23)34-17-19-12-13-20(29)16-24(19)30/h4-16H,3,17H2,1-2H3. The monoisotopic (exact) mass is 459 g/mol. The van der Waals surface area contributed by atoms with Crippen molar-refractivity contribution in [3.8, 4) is 28.1 Å².